The molecule has 6 nitrogen and oxygen atoms in total. The van der Waals surface area contributed by atoms with Crippen molar-refractivity contribution in [1.82, 2.24) is 0 Å². The molecule has 0 spiro atoms. The molecule has 0 aromatic carbocycles. The zero-order chi connectivity index (χ0) is 13.2. The molecule has 1 atom stereocenters. The zero-order valence-electron chi connectivity index (χ0n) is 10.5. The van der Waals surface area contributed by atoms with Gasteiger partial charge >= 0.3 is 5.97 Å². The summed E-state index contributed by atoms with van der Waals surface area (Å²) in [7, 11) is 0. The molecule has 1 aromatic heterocycles. The molecule has 1 aromatic rings. The second-order valence-electron chi connectivity index (χ2n) is 4.39. The predicted octanol–water partition coefficient (Wildman–Crippen LogP) is 2.02. The molecule has 0 N–H and O–H groups in total. The summed E-state index contributed by atoms with van der Waals surface area (Å²) in [6.45, 7) is 5.21. The van der Waals surface area contributed by atoms with Gasteiger partial charge in [0.25, 0.3) is 0 Å². The quantitative estimate of drug-likeness (QED) is 0.467. The number of aryl methyl sites for hydroxylation is 1. The Hall–Kier alpha value is -2.11. The molecule has 6 heteroatoms. The van der Waals surface area contributed by atoms with Crippen molar-refractivity contribution < 1.29 is 18.9 Å². The van der Waals surface area contributed by atoms with Crippen LogP contribution in [0.2, 0.25) is 0 Å². The minimum Gasteiger partial charge on any atom is -0.460 e. The molecule has 0 bridgehead atoms. The van der Waals surface area contributed by atoms with E-state index in [1.165, 1.54) is 6.21 Å². The van der Waals surface area contributed by atoms with Gasteiger partial charge < -0.3 is 14.1 Å². The lowest BCUT2D eigenvalue weighted by molar-refractivity contribution is -0.167. The van der Waals surface area contributed by atoms with Crippen LogP contribution in [0.15, 0.2) is 26.9 Å². The molecular formula is C12H14N2O4. The van der Waals surface area contributed by atoms with E-state index in [4.69, 9.17) is 14.1 Å². The van der Waals surface area contributed by atoms with Gasteiger partial charge in [0.05, 0.1) is 5.71 Å². The van der Waals surface area contributed by atoms with Crippen molar-refractivity contribution in [3.8, 4) is 0 Å². The van der Waals surface area contributed by atoms with Gasteiger partial charge in [-0.3, -0.25) is 0 Å². The molecule has 0 saturated carbocycles. The van der Waals surface area contributed by atoms with Gasteiger partial charge in [0.2, 0.25) is 5.60 Å². The summed E-state index contributed by atoms with van der Waals surface area (Å²) in [5, 5.41) is 7.30. The van der Waals surface area contributed by atoms with Gasteiger partial charge in [0.15, 0.2) is 0 Å². The first-order valence-corrected chi connectivity index (χ1v) is 5.52. The van der Waals surface area contributed by atoms with E-state index in [1.54, 1.807) is 26.0 Å². The summed E-state index contributed by atoms with van der Waals surface area (Å²) < 4.78 is 5.24. The monoisotopic (exact) mass is 250 g/mol. The van der Waals surface area contributed by atoms with E-state index >= 15 is 0 Å². The Morgan fingerprint density at radius 1 is 1.56 bits per heavy atom. The summed E-state index contributed by atoms with van der Waals surface area (Å²) in [6.07, 6.45) is 1.73. The van der Waals surface area contributed by atoms with Crippen molar-refractivity contribution >= 4 is 17.9 Å². The second kappa shape index (κ2) is 4.64. The molecule has 0 aliphatic carbocycles. The van der Waals surface area contributed by atoms with Gasteiger partial charge in [0, 0.05) is 6.42 Å². The second-order valence-corrected chi connectivity index (χ2v) is 4.39. The van der Waals surface area contributed by atoms with Crippen molar-refractivity contribution in [2.45, 2.75) is 32.8 Å². The molecule has 0 saturated heterocycles. The number of furan rings is 1. The number of nitrogens with zero attached hydrogens (tertiary/aromatic N) is 2. The fraction of sp³-hybridized carbons (Fsp3) is 0.417. The Balaban J connectivity index is 1.91. The highest BCUT2D eigenvalue weighted by atomic mass is 16.7. The first-order chi connectivity index (χ1) is 8.49. The lowest BCUT2D eigenvalue weighted by Crippen LogP contribution is -2.36. The van der Waals surface area contributed by atoms with Crippen LogP contribution in [0.3, 0.4) is 0 Å². The van der Waals surface area contributed by atoms with Crippen molar-refractivity contribution in [2.24, 2.45) is 10.3 Å². The molecule has 1 aliphatic heterocycles. The topological polar surface area (TPSA) is 73.4 Å². The first kappa shape index (κ1) is 12.3. The molecule has 0 fully saturated rings. The molecule has 18 heavy (non-hydrogen) atoms. The third kappa shape index (κ3) is 2.58. The van der Waals surface area contributed by atoms with Crippen LogP contribution in [0.4, 0.5) is 0 Å². The van der Waals surface area contributed by atoms with Crippen LogP contribution < -0.4 is 0 Å². The molecular weight excluding hydrogens is 236 g/mol. The zero-order valence-corrected chi connectivity index (χ0v) is 10.5. The number of oxime groups is 2. The fourth-order valence-electron chi connectivity index (χ4n) is 1.59. The average molecular weight is 250 g/mol. The maximum absolute atomic E-state index is 11.7. The van der Waals surface area contributed by atoms with Crippen LogP contribution in [-0.2, 0) is 14.5 Å². The van der Waals surface area contributed by atoms with E-state index < -0.39 is 11.6 Å². The molecule has 1 aliphatic rings. The average Bonchev–Trinajstić information content (AvgIpc) is 2.86. The van der Waals surface area contributed by atoms with E-state index in [1.807, 2.05) is 6.92 Å². The Morgan fingerprint density at radius 2 is 2.33 bits per heavy atom. The summed E-state index contributed by atoms with van der Waals surface area (Å²) in [4.78, 5) is 21.5. The Bertz CT molecular complexity index is 518. The van der Waals surface area contributed by atoms with Crippen LogP contribution in [0.25, 0.3) is 0 Å². The Kier molecular flexibility index (Phi) is 3.18. The summed E-state index contributed by atoms with van der Waals surface area (Å²) in [5.41, 5.74) is -0.333. The van der Waals surface area contributed by atoms with Crippen molar-refractivity contribution in [2.75, 3.05) is 0 Å². The maximum atomic E-state index is 11.7. The van der Waals surface area contributed by atoms with Crippen LogP contribution in [0, 0.1) is 6.92 Å². The highest BCUT2D eigenvalue weighted by Gasteiger charge is 2.42. The van der Waals surface area contributed by atoms with Crippen LogP contribution in [0.1, 0.15) is 31.8 Å². The lowest BCUT2D eigenvalue weighted by Gasteiger charge is -2.16. The van der Waals surface area contributed by atoms with E-state index in [2.05, 4.69) is 10.3 Å². The van der Waals surface area contributed by atoms with Gasteiger partial charge in [-0.25, -0.2) is 4.79 Å². The molecule has 0 amide bonds. The SMILES string of the molecule is CC1=NOC(C)(C(=O)O/N=C/c2ccc(C)o2)C1. The minimum atomic E-state index is -1.08. The summed E-state index contributed by atoms with van der Waals surface area (Å²) >= 11 is 0. The number of hydrogen-bond donors (Lipinski definition) is 0. The molecule has 96 valence electrons. The van der Waals surface area contributed by atoms with Gasteiger partial charge in [-0.05, 0) is 32.9 Å². The van der Waals surface area contributed by atoms with Crippen LogP contribution in [0.5, 0.6) is 0 Å². The molecule has 1 unspecified atom stereocenters. The van der Waals surface area contributed by atoms with E-state index in [0.717, 1.165) is 11.5 Å². The van der Waals surface area contributed by atoms with Gasteiger partial charge in [-0.1, -0.05) is 10.3 Å². The number of hydrogen-bond acceptors (Lipinski definition) is 6. The minimum absolute atomic E-state index is 0.404. The van der Waals surface area contributed by atoms with Crippen LogP contribution in [-0.4, -0.2) is 23.5 Å². The van der Waals surface area contributed by atoms with Gasteiger partial charge in [0.1, 0.15) is 17.7 Å². The van der Waals surface area contributed by atoms with E-state index in [0.29, 0.717) is 12.2 Å². The van der Waals surface area contributed by atoms with Gasteiger partial charge in [-0.15, -0.1) is 0 Å². The lowest BCUT2D eigenvalue weighted by atomic mass is 10.0. The number of carbonyl (C=O) groups is 1. The molecule has 2 rings (SSSR count). The normalized spacial score (nSPS) is 22.9. The number of carbonyl (C=O) groups excluding carboxylic acids is 1. The summed E-state index contributed by atoms with van der Waals surface area (Å²) in [5.74, 6) is 0.700. The highest BCUT2D eigenvalue weighted by Crippen LogP contribution is 2.24. The fourth-order valence-corrected chi connectivity index (χ4v) is 1.59. The third-order valence-electron chi connectivity index (χ3n) is 2.50. The van der Waals surface area contributed by atoms with Crippen molar-refractivity contribution in [1.29, 1.82) is 0 Å². The van der Waals surface area contributed by atoms with Crippen molar-refractivity contribution in [3.05, 3.63) is 23.7 Å². The maximum Gasteiger partial charge on any atom is 0.381 e. The summed E-state index contributed by atoms with van der Waals surface area (Å²) in [6, 6.07) is 3.52. The highest BCUT2D eigenvalue weighted by molar-refractivity contribution is 5.92. The Morgan fingerprint density at radius 3 is 2.89 bits per heavy atom. The first-order valence-electron chi connectivity index (χ1n) is 5.52. The Labute approximate surface area is 104 Å². The van der Waals surface area contributed by atoms with E-state index in [-0.39, 0.29) is 0 Å². The third-order valence-corrected chi connectivity index (χ3v) is 2.50. The molecule has 0 radical (unpaired) electrons. The standard InChI is InChI=1S/C12H14N2O4/c1-8-6-12(3,18-14-8)11(15)17-13-7-10-5-4-9(2)16-10/h4-5,7H,6H2,1-3H3/b13-7+. The molecule has 2 heterocycles. The van der Waals surface area contributed by atoms with E-state index in [9.17, 15) is 4.79 Å². The smallest absolute Gasteiger partial charge is 0.381 e. The predicted molar refractivity (Wildman–Crippen MR) is 64.3 cm³/mol. The number of rotatable bonds is 3. The largest absolute Gasteiger partial charge is 0.460 e. The van der Waals surface area contributed by atoms with Crippen LogP contribution >= 0.6 is 0 Å². The van der Waals surface area contributed by atoms with Crippen molar-refractivity contribution in [3.63, 3.8) is 0 Å². The van der Waals surface area contributed by atoms with Gasteiger partial charge in [-0.2, -0.15) is 0 Å².